The van der Waals surface area contributed by atoms with Gasteiger partial charge < -0.3 is 10.4 Å². The second-order valence-corrected chi connectivity index (χ2v) is 4.67. The summed E-state index contributed by atoms with van der Waals surface area (Å²) >= 11 is 0. The van der Waals surface area contributed by atoms with Gasteiger partial charge in [0.1, 0.15) is 0 Å². The van der Waals surface area contributed by atoms with Crippen molar-refractivity contribution in [3.63, 3.8) is 0 Å². The Labute approximate surface area is 91.3 Å². The monoisotopic (exact) mass is 205 g/mol. The van der Waals surface area contributed by atoms with Crippen LogP contribution in [0.15, 0.2) is 30.3 Å². The van der Waals surface area contributed by atoms with Gasteiger partial charge in [0.2, 0.25) is 0 Å². The summed E-state index contributed by atoms with van der Waals surface area (Å²) < 4.78 is 0. The number of hydrogen-bond acceptors (Lipinski definition) is 2. The molecule has 0 spiro atoms. The van der Waals surface area contributed by atoms with Crippen LogP contribution in [0.2, 0.25) is 0 Å². The van der Waals surface area contributed by atoms with Crippen molar-refractivity contribution in [2.45, 2.75) is 44.4 Å². The van der Waals surface area contributed by atoms with Crippen LogP contribution in [0.1, 0.15) is 31.7 Å². The Morgan fingerprint density at radius 3 is 2.73 bits per heavy atom. The van der Waals surface area contributed by atoms with Crippen LogP contribution in [0.5, 0.6) is 0 Å². The normalized spacial score (nSPS) is 30.7. The first-order valence-corrected chi connectivity index (χ1v) is 5.68. The quantitative estimate of drug-likeness (QED) is 0.792. The van der Waals surface area contributed by atoms with Crippen LogP contribution in [0.25, 0.3) is 0 Å². The van der Waals surface area contributed by atoms with Gasteiger partial charge in [0.25, 0.3) is 0 Å². The van der Waals surface area contributed by atoms with Gasteiger partial charge in [0.05, 0.1) is 5.60 Å². The van der Waals surface area contributed by atoms with Gasteiger partial charge in [-0.15, -0.1) is 0 Å². The van der Waals surface area contributed by atoms with Crippen molar-refractivity contribution < 1.29 is 5.11 Å². The molecule has 0 bridgehead atoms. The van der Waals surface area contributed by atoms with E-state index < -0.39 is 5.60 Å². The lowest BCUT2D eigenvalue weighted by atomic mass is 10.0. The van der Waals surface area contributed by atoms with Gasteiger partial charge in [-0.2, -0.15) is 0 Å². The van der Waals surface area contributed by atoms with Crippen LogP contribution in [0.4, 0.5) is 0 Å². The van der Waals surface area contributed by atoms with E-state index in [4.69, 9.17) is 0 Å². The molecule has 2 N–H and O–H groups in total. The van der Waals surface area contributed by atoms with Crippen molar-refractivity contribution in [2.24, 2.45) is 0 Å². The van der Waals surface area contributed by atoms with E-state index in [0.717, 1.165) is 25.8 Å². The molecular weight excluding hydrogens is 186 g/mol. The molecule has 0 heterocycles. The fraction of sp³-hybridized carbons (Fsp3) is 0.538. The van der Waals surface area contributed by atoms with E-state index in [9.17, 15) is 5.11 Å². The molecule has 1 aliphatic carbocycles. The maximum atomic E-state index is 10.1. The molecule has 1 saturated carbocycles. The summed E-state index contributed by atoms with van der Waals surface area (Å²) in [5.74, 6) is 0. The highest BCUT2D eigenvalue weighted by atomic mass is 16.3. The Bertz CT molecular complexity index is 308. The van der Waals surface area contributed by atoms with Crippen molar-refractivity contribution >= 4 is 0 Å². The van der Waals surface area contributed by atoms with Crippen molar-refractivity contribution in [1.82, 2.24) is 5.32 Å². The van der Waals surface area contributed by atoms with Gasteiger partial charge in [0, 0.05) is 12.6 Å². The number of nitrogens with one attached hydrogen (secondary N) is 1. The van der Waals surface area contributed by atoms with E-state index >= 15 is 0 Å². The second-order valence-electron chi connectivity index (χ2n) is 4.67. The maximum Gasteiger partial charge on any atom is 0.0772 e. The van der Waals surface area contributed by atoms with Crippen molar-refractivity contribution in [2.75, 3.05) is 0 Å². The molecule has 1 aromatic rings. The average molecular weight is 205 g/mol. The van der Waals surface area contributed by atoms with E-state index in [-0.39, 0.29) is 6.04 Å². The summed E-state index contributed by atoms with van der Waals surface area (Å²) in [7, 11) is 0. The van der Waals surface area contributed by atoms with E-state index in [1.165, 1.54) is 5.56 Å². The van der Waals surface area contributed by atoms with Crippen LogP contribution in [0.3, 0.4) is 0 Å². The lowest BCUT2D eigenvalue weighted by molar-refractivity contribution is 0.0387. The standard InChI is InChI=1S/C13H19NO/c1-13(15)9-5-8-12(13)14-10-11-6-3-2-4-7-11/h2-4,6-7,12,14-15H,5,8-10H2,1H3/t12-,13-/m1/s1. The lowest BCUT2D eigenvalue weighted by Crippen LogP contribution is -2.44. The molecule has 1 fully saturated rings. The summed E-state index contributed by atoms with van der Waals surface area (Å²) in [4.78, 5) is 0. The van der Waals surface area contributed by atoms with Crippen LogP contribution in [0, 0.1) is 0 Å². The van der Waals surface area contributed by atoms with E-state index in [1.54, 1.807) is 0 Å². The molecule has 1 aliphatic rings. The topological polar surface area (TPSA) is 32.3 Å². The highest BCUT2D eigenvalue weighted by Crippen LogP contribution is 2.29. The van der Waals surface area contributed by atoms with Crippen LogP contribution in [-0.2, 0) is 6.54 Å². The SMILES string of the molecule is C[C@@]1(O)CCC[C@H]1NCc1ccccc1. The predicted molar refractivity (Wildman–Crippen MR) is 61.5 cm³/mol. The van der Waals surface area contributed by atoms with E-state index in [0.29, 0.717) is 0 Å². The maximum absolute atomic E-state index is 10.1. The zero-order chi connectivity index (χ0) is 10.7. The number of aliphatic hydroxyl groups is 1. The number of benzene rings is 1. The summed E-state index contributed by atoms with van der Waals surface area (Å²) in [6.07, 6.45) is 3.12. The van der Waals surface area contributed by atoms with Gasteiger partial charge >= 0.3 is 0 Å². The van der Waals surface area contributed by atoms with Crippen molar-refractivity contribution in [3.05, 3.63) is 35.9 Å². The zero-order valence-corrected chi connectivity index (χ0v) is 9.24. The van der Waals surface area contributed by atoms with Crippen LogP contribution in [-0.4, -0.2) is 16.7 Å². The molecule has 2 atom stereocenters. The minimum absolute atomic E-state index is 0.248. The van der Waals surface area contributed by atoms with Gasteiger partial charge in [-0.25, -0.2) is 0 Å². The first kappa shape index (κ1) is 10.7. The van der Waals surface area contributed by atoms with Gasteiger partial charge in [0.15, 0.2) is 0 Å². The van der Waals surface area contributed by atoms with Gasteiger partial charge in [-0.3, -0.25) is 0 Å². The molecule has 0 amide bonds. The third-order valence-corrected chi connectivity index (χ3v) is 3.32. The van der Waals surface area contributed by atoms with E-state index in [2.05, 4.69) is 17.4 Å². The average Bonchev–Trinajstić information content (AvgIpc) is 2.56. The van der Waals surface area contributed by atoms with E-state index in [1.807, 2.05) is 25.1 Å². The van der Waals surface area contributed by atoms with Crippen molar-refractivity contribution in [3.8, 4) is 0 Å². The molecule has 0 unspecified atom stereocenters. The highest BCUT2D eigenvalue weighted by Gasteiger charge is 2.35. The summed E-state index contributed by atoms with van der Waals surface area (Å²) in [6, 6.07) is 10.6. The zero-order valence-electron chi connectivity index (χ0n) is 9.24. The molecule has 2 heteroatoms. The molecular formula is C13H19NO. The third kappa shape index (κ3) is 2.58. The molecule has 2 rings (SSSR count). The molecule has 0 aromatic heterocycles. The molecule has 82 valence electrons. The first-order valence-electron chi connectivity index (χ1n) is 5.68. The Morgan fingerprint density at radius 2 is 2.13 bits per heavy atom. The van der Waals surface area contributed by atoms with Crippen LogP contribution < -0.4 is 5.32 Å². The highest BCUT2D eigenvalue weighted by molar-refractivity contribution is 5.14. The largest absolute Gasteiger partial charge is 0.389 e. The minimum atomic E-state index is -0.519. The first-order chi connectivity index (χ1) is 7.18. The molecule has 15 heavy (non-hydrogen) atoms. The Kier molecular flexibility index (Phi) is 3.08. The lowest BCUT2D eigenvalue weighted by Gasteiger charge is -2.26. The third-order valence-electron chi connectivity index (χ3n) is 3.32. The fourth-order valence-corrected chi connectivity index (χ4v) is 2.31. The molecule has 0 saturated heterocycles. The van der Waals surface area contributed by atoms with Gasteiger partial charge in [-0.05, 0) is 31.7 Å². The predicted octanol–water partition coefficient (Wildman–Crippen LogP) is 2.08. The smallest absolute Gasteiger partial charge is 0.0772 e. The second kappa shape index (κ2) is 4.33. The van der Waals surface area contributed by atoms with Crippen molar-refractivity contribution in [1.29, 1.82) is 0 Å². The molecule has 0 radical (unpaired) electrons. The number of rotatable bonds is 3. The van der Waals surface area contributed by atoms with Gasteiger partial charge in [-0.1, -0.05) is 30.3 Å². The summed E-state index contributed by atoms with van der Waals surface area (Å²) in [6.45, 7) is 2.78. The van der Waals surface area contributed by atoms with Crippen LogP contribution >= 0.6 is 0 Å². The minimum Gasteiger partial charge on any atom is -0.389 e. The Hall–Kier alpha value is -0.860. The Balaban J connectivity index is 1.89. The fourth-order valence-electron chi connectivity index (χ4n) is 2.31. The number of hydrogen-bond donors (Lipinski definition) is 2. The molecule has 2 nitrogen and oxygen atoms in total. The molecule has 0 aliphatic heterocycles. The Morgan fingerprint density at radius 1 is 1.40 bits per heavy atom. The molecule has 1 aromatic carbocycles. The summed E-state index contributed by atoms with van der Waals surface area (Å²) in [5.41, 5.74) is 0.759. The summed E-state index contributed by atoms with van der Waals surface area (Å²) in [5, 5.41) is 13.5.